The third-order valence-electron chi connectivity index (χ3n) is 7.71. The van der Waals surface area contributed by atoms with Crippen molar-refractivity contribution in [1.82, 2.24) is 20.4 Å². The van der Waals surface area contributed by atoms with Gasteiger partial charge in [-0.1, -0.05) is 60.7 Å². The Balaban J connectivity index is 1.41. The van der Waals surface area contributed by atoms with E-state index in [9.17, 15) is 35.9 Å². The second kappa shape index (κ2) is 14.3. The smallest absolute Gasteiger partial charge is 0.334 e. The average Bonchev–Trinajstić information content (AvgIpc) is 3.00. The van der Waals surface area contributed by atoms with Crippen LogP contribution >= 0.6 is 0 Å². The second-order valence-corrected chi connectivity index (χ2v) is 10.8. The van der Waals surface area contributed by atoms with E-state index in [1.807, 2.05) is 18.2 Å². The van der Waals surface area contributed by atoms with Crippen LogP contribution in [0.25, 0.3) is 0 Å². The van der Waals surface area contributed by atoms with Gasteiger partial charge in [0.25, 0.3) is 5.91 Å². The molecule has 0 aromatic heterocycles. The maximum Gasteiger partial charge on any atom is 0.416 e. The number of halogens is 6. The fourth-order valence-corrected chi connectivity index (χ4v) is 5.17. The van der Waals surface area contributed by atoms with Crippen molar-refractivity contribution < 1.29 is 35.9 Å². The summed E-state index contributed by atoms with van der Waals surface area (Å²) in [6.07, 6.45) is -8.54. The van der Waals surface area contributed by atoms with Gasteiger partial charge in [-0.2, -0.15) is 26.3 Å². The number of piperidine rings is 1. The zero-order valence-electron chi connectivity index (χ0n) is 24.1. The highest BCUT2D eigenvalue weighted by molar-refractivity contribution is 5.95. The molecule has 0 saturated carbocycles. The third kappa shape index (κ3) is 9.06. The first-order valence-electron chi connectivity index (χ1n) is 14.2. The molecule has 1 aliphatic rings. The average molecular weight is 621 g/mol. The summed E-state index contributed by atoms with van der Waals surface area (Å²) in [4.78, 5) is 30.0. The van der Waals surface area contributed by atoms with E-state index in [4.69, 9.17) is 0 Å². The first-order chi connectivity index (χ1) is 20.8. The van der Waals surface area contributed by atoms with Crippen LogP contribution < -0.4 is 10.6 Å². The number of rotatable bonds is 10. The zero-order chi connectivity index (χ0) is 31.9. The maximum atomic E-state index is 13.4. The predicted octanol–water partition coefficient (Wildman–Crippen LogP) is 6.26. The molecule has 44 heavy (non-hydrogen) atoms. The zero-order valence-corrected chi connectivity index (χ0v) is 24.1. The predicted molar refractivity (Wildman–Crippen MR) is 153 cm³/mol. The van der Waals surface area contributed by atoms with Crippen molar-refractivity contribution >= 4 is 11.8 Å². The number of nitrogens with zero attached hydrogens (tertiary/aromatic N) is 2. The van der Waals surface area contributed by atoms with Crippen molar-refractivity contribution in [2.45, 2.75) is 50.7 Å². The maximum absolute atomic E-state index is 13.4. The van der Waals surface area contributed by atoms with Crippen molar-refractivity contribution in [3.63, 3.8) is 0 Å². The van der Waals surface area contributed by atoms with Gasteiger partial charge >= 0.3 is 12.4 Å². The largest absolute Gasteiger partial charge is 0.416 e. The summed E-state index contributed by atoms with van der Waals surface area (Å²) < 4.78 is 79.9. The molecule has 0 radical (unpaired) electrons. The molecule has 0 aliphatic carbocycles. The molecule has 0 bridgehead atoms. The minimum atomic E-state index is -5.09. The Kier molecular flexibility index (Phi) is 10.7. The van der Waals surface area contributed by atoms with Gasteiger partial charge in [-0.05, 0) is 62.2 Å². The standard InChI is InChI=1S/C32H34F6N4O2/c1-22(24-10-6-3-7-11-24)42(21-40-30(44)25-16-26(31(33,34)35)18-27(17-25)32(36,37)38)29(43)19-39-28-12-14-41(15-13-28)20-23-8-4-2-5-9-23/h2-11,16-18,22,28,39H,12-15,19-21H2,1H3,(H,40,44). The summed E-state index contributed by atoms with van der Waals surface area (Å²) in [5.74, 6) is -1.55. The van der Waals surface area contributed by atoms with Crippen molar-refractivity contribution in [2.75, 3.05) is 26.3 Å². The highest BCUT2D eigenvalue weighted by Crippen LogP contribution is 2.36. The third-order valence-corrected chi connectivity index (χ3v) is 7.71. The lowest BCUT2D eigenvalue weighted by molar-refractivity contribution is -0.143. The van der Waals surface area contributed by atoms with Crippen molar-refractivity contribution in [1.29, 1.82) is 0 Å². The summed E-state index contributed by atoms with van der Waals surface area (Å²) in [6, 6.07) is 19.2. The van der Waals surface area contributed by atoms with Gasteiger partial charge in [-0.3, -0.25) is 14.5 Å². The molecule has 2 amide bonds. The van der Waals surface area contributed by atoms with E-state index in [1.54, 1.807) is 37.3 Å². The molecule has 1 unspecified atom stereocenters. The number of benzene rings is 3. The Hall–Kier alpha value is -3.90. The molecule has 1 aliphatic heterocycles. The fraction of sp³-hybridized carbons (Fsp3) is 0.375. The Morgan fingerprint density at radius 1 is 0.864 bits per heavy atom. The van der Waals surface area contributed by atoms with E-state index in [0.29, 0.717) is 12.1 Å². The van der Waals surface area contributed by atoms with E-state index >= 15 is 0 Å². The molecule has 6 nitrogen and oxygen atoms in total. The Labute approximate surface area is 252 Å². The molecule has 1 heterocycles. The van der Waals surface area contributed by atoms with E-state index < -0.39 is 47.7 Å². The van der Waals surface area contributed by atoms with Gasteiger partial charge in [0.15, 0.2) is 0 Å². The van der Waals surface area contributed by atoms with Crippen molar-refractivity contribution in [2.24, 2.45) is 0 Å². The van der Waals surface area contributed by atoms with Gasteiger partial charge in [0.2, 0.25) is 5.91 Å². The van der Waals surface area contributed by atoms with Crippen LogP contribution in [-0.4, -0.2) is 54.0 Å². The fourth-order valence-electron chi connectivity index (χ4n) is 5.17. The Bertz CT molecular complexity index is 1360. The van der Waals surface area contributed by atoms with Gasteiger partial charge < -0.3 is 15.5 Å². The quantitative estimate of drug-likeness (QED) is 0.208. The number of hydrogen-bond donors (Lipinski definition) is 2. The summed E-state index contributed by atoms with van der Waals surface area (Å²) in [5, 5.41) is 5.63. The molecule has 1 fully saturated rings. The number of nitrogens with one attached hydrogen (secondary N) is 2. The highest BCUT2D eigenvalue weighted by atomic mass is 19.4. The Morgan fingerprint density at radius 2 is 1.41 bits per heavy atom. The Morgan fingerprint density at radius 3 is 1.95 bits per heavy atom. The van der Waals surface area contributed by atoms with Crippen LogP contribution in [0.5, 0.6) is 0 Å². The number of alkyl halides is 6. The molecule has 2 N–H and O–H groups in total. The number of likely N-dealkylation sites (tertiary alicyclic amines) is 1. The molecule has 4 rings (SSSR count). The topological polar surface area (TPSA) is 64.7 Å². The van der Waals surface area contributed by atoms with E-state index in [-0.39, 0.29) is 24.6 Å². The molecule has 0 spiro atoms. The monoisotopic (exact) mass is 620 g/mol. The van der Waals surface area contributed by atoms with Crippen LogP contribution in [-0.2, 0) is 23.7 Å². The van der Waals surface area contributed by atoms with Gasteiger partial charge in [-0.15, -0.1) is 0 Å². The highest BCUT2D eigenvalue weighted by Gasteiger charge is 2.37. The molecule has 1 atom stereocenters. The van der Waals surface area contributed by atoms with E-state index in [1.165, 1.54) is 10.5 Å². The van der Waals surface area contributed by atoms with E-state index in [0.717, 1.165) is 38.0 Å². The number of carbonyl (C=O) groups excluding carboxylic acids is 2. The van der Waals surface area contributed by atoms with Crippen molar-refractivity contribution in [3.8, 4) is 0 Å². The summed E-state index contributed by atoms with van der Waals surface area (Å²) >= 11 is 0. The first kappa shape index (κ1) is 33.0. The van der Waals surface area contributed by atoms with Crippen molar-refractivity contribution in [3.05, 3.63) is 107 Å². The minimum Gasteiger partial charge on any atom is -0.334 e. The van der Waals surface area contributed by atoms with Gasteiger partial charge in [0.1, 0.15) is 0 Å². The van der Waals surface area contributed by atoms with Crippen LogP contribution in [0.1, 0.15) is 58.4 Å². The second-order valence-electron chi connectivity index (χ2n) is 10.8. The molecule has 1 saturated heterocycles. The molecule has 3 aromatic carbocycles. The van der Waals surface area contributed by atoms with Gasteiger partial charge in [0, 0.05) is 18.2 Å². The lowest BCUT2D eigenvalue weighted by Crippen LogP contribution is -2.49. The van der Waals surface area contributed by atoms with Gasteiger partial charge in [0.05, 0.1) is 30.4 Å². The summed E-state index contributed by atoms with van der Waals surface area (Å²) in [7, 11) is 0. The van der Waals surface area contributed by atoms with Crippen LogP contribution in [0.4, 0.5) is 26.3 Å². The summed E-state index contributed by atoms with van der Waals surface area (Å²) in [6.45, 7) is 3.77. The first-order valence-corrected chi connectivity index (χ1v) is 14.2. The molecule has 236 valence electrons. The van der Waals surface area contributed by atoms with Gasteiger partial charge in [-0.25, -0.2) is 0 Å². The lowest BCUT2D eigenvalue weighted by atomic mass is 10.0. The molecule has 3 aromatic rings. The van der Waals surface area contributed by atoms with Crippen LogP contribution in [0.2, 0.25) is 0 Å². The van der Waals surface area contributed by atoms with E-state index in [2.05, 4.69) is 27.7 Å². The minimum absolute atomic E-state index is 0.0398. The normalized spacial score (nSPS) is 15.5. The SMILES string of the molecule is CC(c1ccccc1)N(CNC(=O)c1cc(C(F)(F)F)cc(C(F)(F)F)c1)C(=O)CNC1CCN(Cc2ccccc2)CC1. The lowest BCUT2D eigenvalue weighted by Gasteiger charge is -2.34. The van der Waals surface area contributed by atoms with Crippen LogP contribution in [0.15, 0.2) is 78.9 Å². The van der Waals surface area contributed by atoms with Crippen LogP contribution in [0, 0.1) is 0 Å². The molecular formula is C32H34F6N4O2. The molecule has 12 heteroatoms. The van der Waals surface area contributed by atoms with Crippen LogP contribution in [0.3, 0.4) is 0 Å². The number of carbonyl (C=O) groups is 2. The summed E-state index contributed by atoms with van der Waals surface area (Å²) in [5.41, 5.74) is -2.04. The molecular weight excluding hydrogens is 586 g/mol. The number of hydrogen-bond acceptors (Lipinski definition) is 4. The number of amides is 2.